The molecule has 3 heterocycles. The molecule has 4 aliphatic carbocycles. The van der Waals surface area contributed by atoms with Crippen molar-refractivity contribution in [2.24, 2.45) is 35.5 Å². The van der Waals surface area contributed by atoms with E-state index in [0.29, 0.717) is 62.7 Å². The van der Waals surface area contributed by atoms with Crippen LogP contribution < -0.4 is 20.7 Å². The lowest BCUT2D eigenvalue weighted by Crippen LogP contribution is -2.53. The molecule has 12 nitrogen and oxygen atoms in total. The number of β-amino-alcohol motifs (C(OH)–C–C–N with tert-alkyl or cyclic N) is 1. The summed E-state index contributed by atoms with van der Waals surface area (Å²) in [5, 5.41) is 73.6. The number of fused-ring (bicyclic) bond motifs is 11. The number of aromatic amines is 1. The second-order valence-electron chi connectivity index (χ2n) is 26.0. The number of dihydropyridines is 1. The number of rotatable bonds is 4. The molecule has 12 heteroatoms. The minimum Gasteiger partial charge on any atom is -0.507 e. The summed E-state index contributed by atoms with van der Waals surface area (Å²) < 4.78 is 5.58. The highest BCUT2D eigenvalue weighted by atomic mass is 16.5. The van der Waals surface area contributed by atoms with Crippen molar-refractivity contribution in [1.29, 1.82) is 0 Å². The van der Waals surface area contributed by atoms with E-state index in [4.69, 9.17) is 4.74 Å². The number of phenolic OH excluding ortho intramolecular Hbond substituents is 2. The number of aryl methyl sites for hydroxylation is 1. The lowest BCUT2D eigenvalue weighted by molar-refractivity contribution is -0.142. The van der Waals surface area contributed by atoms with E-state index in [2.05, 4.69) is 94.2 Å². The van der Waals surface area contributed by atoms with Crippen LogP contribution in [0, 0.1) is 59.2 Å². The van der Waals surface area contributed by atoms with Gasteiger partial charge in [0, 0.05) is 79.6 Å². The largest absolute Gasteiger partial charge is 0.507 e. The number of aromatic hydroxyl groups is 2. The van der Waals surface area contributed by atoms with Crippen LogP contribution in [-0.2, 0) is 34.3 Å². The third-order valence-corrected chi connectivity index (χ3v) is 20.4. The molecule has 12 unspecified atom stereocenters. The van der Waals surface area contributed by atoms with Gasteiger partial charge in [-0.25, -0.2) is 0 Å². The monoisotopic (exact) mass is 1170 g/mol. The topological polar surface area (TPSA) is 196 Å². The van der Waals surface area contributed by atoms with Crippen molar-refractivity contribution >= 4 is 28.0 Å². The van der Waals surface area contributed by atoms with Gasteiger partial charge in [-0.3, -0.25) is 9.59 Å². The molecule has 12 atom stereocenters. The first-order valence-corrected chi connectivity index (χ1v) is 32.0. The Morgan fingerprint density at radius 2 is 1.60 bits per heavy atom. The maximum absolute atomic E-state index is 15.5. The molecule has 9 N–H and O–H groups in total. The fourth-order valence-electron chi connectivity index (χ4n) is 15.7. The van der Waals surface area contributed by atoms with Gasteiger partial charge in [-0.1, -0.05) is 123 Å². The van der Waals surface area contributed by atoms with Crippen molar-refractivity contribution < 1.29 is 39.9 Å². The lowest BCUT2D eigenvalue weighted by Gasteiger charge is -2.49. The van der Waals surface area contributed by atoms with Crippen molar-refractivity contribution in [3.63, 3.8) is 0 Å². The molecule has 0 saturated heterocycles. The van der Waals surface area contributed by atoms with Gasteiger partial charge in [0.05, 0.1) is 30.7 Å². The number of benzene rings is 5. The molecule has 1 aromatic heterocycles. The molecule has 11 bridgehead atoms. The third-order valence-electron chi connectivity index (χ3n) is 20.4. The number of Topliss-reactive ketones (excluding diaryl/α,β-unsaturated/α-hetero) is 2. The summed E-state index contributed by atoms with van der Waals surface area (Å²) in [6, 6.07) is 34.1. The van der Waals surface area contributed by atoms with Crippen LogP contribution in [0.4, 0.5) is 5.69 Å². The van der Waals surface area contributed by atoms with Gasteiger partial charge in [-0.15, -0.1) is 5.92 Å². The summed E-state index contributed by atoms with van der Waals surface area (Å²) in [6.07, 6.45) is 12.9. The molecule has 0 radical (unpaired) electrons. The molecule has 6 aliphatic rings. The number of aromatic nitrogens is 1. The fourth-order valence-corrected chi connectivity index (χ4v) is 15.7. The van der Waals surface area contributed by atoms with Gasteiger partial charge in [0.1, 0.15) is 11.6 Å². The van der Waals surface area contributed by atoms with Gasteiger partial charge in [-0.2, -0.15) is 0 Å². The second kappa shape index (κ2) is 26.4. The Labute approximate surface area is 512 Å². The maximum Gasteiger partial charge on any atom is 0.173 e. The van der Waals surface area contributed by atoms with Crippen molar-refractivity contribution in [2.45, 2.75) is 145 Å². The predicted molar refractivity (Wildman–Crippen MR) is 341 cm³/mol. The Morgan fingerprint density at radius 3 is 2.43 bits per heavy atom. The van der Waals surface area contributed by atoms with Crippen LogP contribution >= 0.6 is 0 Å². The average molecular weight is 1170 g/mol. The minimum atomic E-state index is -1.87. The molecule has 2 saturated carbocycles. The SMILES string of the molecule is COc1cc2c(cc1O)C(c1ccccc1)C#CC1CC3CC4=CCNC(=C4)Nc4cc5c(O)c(ccc5cc4Cc4ccccc4)CC(O)CNCC(C)c4c[nH]c(c4)C45CCCCC4C#CCCCCC(C(C3)CC1C(=O)C(O)C(=O)CC2)C5O. The molecule has 2 fully saturated rings. The molecular formula is C75H84N4O8. The van der Waals surface area contributed by atoms with Crippen LogP contribution in [0.15, 0.2) is 133 Å². The van der Waals surface area contributed by atoms with Gasteiger partial charge in [0.2, 0.25) is 0 Å². The van der Waals surface area contributed by atoms with Crippen molar-refractivity contribution in [2.75, 3.05) is 32.1 Å². The average Bonchev–Trinajstić information content (AvgIpc) is 1.88. The van der Waals surface area contributed by atoms with Gasteiger partial charge >= 0.3 is 0 Å². The molecule has 87 heavy (non-hydrogen) atoms. The number of methoxy groups -OCH3 is 1. The zero-order valence-corrected chi connectivity index (χ0v) is 50.3. The zero-order chi connectivity index (χ0) is 60.2. The van der Waals surface area contributed by atoms with E-state index in [1.54, 1.807) is 12.1 Å². The Hall–Kier alpha value is -7.58. The summed E-state index contributed by atoms with van der Waals surface area (Å²) in [4.78, 5) is 33.7. The first-order chi connectivity index (χ1) is 42.3. The Kier molecular flexibility index (Phi) is 18.1. The first-order valence-electron chi connectivity index (χ1n) is 32.0. The first kappa shape index (κ1) is 59.7. The van der Waals surface area contributed by atoms with E-state index in [1.165, 1.54) is 7.11 Å². The number of nitrogens with one attached hydrogen (secondary N) is 4. The number of anilines is 1. The van der Waals surface area contributed by atoms with Crippen LogP contribution in [0.3, 0.4) is 0 Å². The van der Waals surface area contributed by atoms with Crippen molar-refractivity contribution in [3.05, 3.63) is 178 Å². The molecule has 452 valence electrons. The highest BCUT2D eigenvalue weighted by Gasteiger charge is 2.53. The number of ether oxygens (including phenoxy) is 1. The number of aliphatic hydroxyl groups excluding tert-OH is 3. The number of hydrogen-bond donors (Lipinski definition) is 9. The summed E-state index contributed by atoms with van der Waals surface area (Å²) in [7, 11) is 1.49. The quantitative estimate of drug-likeness (QED) is 0.0602. The molecule has 0 amide bonds. The Balaban J connectivity index is 1.01. The second-order valence-corrected chi connectivity index (χ2v) is 26.0. The van der Waals surface area contributed by atoms with E-state index >= 15 is 4.79 Å². The van der Waals surface area contributed by atoms with Crippen LogP contribution in [-0.4, -0.2) is 87.1 Å². The van der Waals surface area contributed by atoms with E-state index in [-0.39, 0.29) is 66.1 Å². The van der Waals surface area contributed by atoms with Gasteiger partial charge < -0.3 is 51.2 Å². The summed E-state index contributed by atoms with van der Waals surface area (Å²) in [5.41, 5.74) is 8.50. The molecule has 12 rings (SSSR count). The molecule has 2 aliphatic heterocycles. The van der Waals surface area contributed by atoms with E-state index in [0.717, 1.165) is 113 Å². The Morgan fingerprint density at radius 1 is 0.782 bits per heavy atom. The highest BCUT2D eigenvalue weighted by molar-refractivity contribution is 6.06. The van der Waals surface area contributed by atoms with Gasteiger partial charge in [0.25, 0.3) is 0 Å². The van der Waals surface area contributed by atoms with Gasteiger partial charge in [0.15, 0.2) is 29.2 Å². The highest BCUT2D eigenvalue weighted by Crippen LogP contribution is 2.53. The third kappa shape index (κ3) is 12.8. The number of aliphatic hydroxyl groups is 3. The number of ketones is 2. The number of hydrogen-bond acceptors (Lipinski definition) is 11. The Bertz CT molecular complexity index is 3680. The predicted octanol–water partition coefficient (Wildman–Crippen LogP) is 11.6. The number of allylic oxidation sites excluding steroid dienone is 2. The number of carbonyl (C=O) groups is 2. The fraction of sp³-hybridized carbons (Fsp3) is 0.440. The van der Waals surface area contributed by atoms with Crippen molar-refractivity contribution in [3.8, 4) is 40.9 Å². The molecule has 5 aromatic carbocycles. The van der Waals surface area contributed by atoms with Crippen LogP contribution in [0.2, 0.25) is 0 Å². The molecule has 6 aromatic rings. The minimum absolute atomic E-state index is 0.0435. The van der Waals surface area contributed by atoms with E-state index < -0.39 is 53.0 Å². The molecular weight excluding hydrogens is 1080 g/mol. The number of phenols is 2. The molecule has 1 spiro atoms. The zero-order valence-electron chi connectivity index (χ0n) is 50.3. The normalized spacial score (nSPS) is 29.0. The van der Waals surface area contributed by atoms with Crippen LogP contribution in [0.1, 0.15) is 147 Å². The van der Waals surface area contributed by atoms with E-state index in [9.17, 15) is 30.3 Å². The number of H-pyrrole nitrogens is 1. The van der Waals surface area contributed by atoms with Gasteiger partial charge in [-0.05, 0) is 174 Å². The van der Waals surface area contributed by atoms with Crippen LogP contribution in [0.25, 0.3) is 10.8 Å². The standard InChI is InChI=1S/C75H84N4O8/c1-46-43-76-45-59(80)37-54-23-22-52-36-56(32-47-15-7-5-8-16-47)65(41-64(52)71(54)83)79-70-35-48(28-30-77-70)31-49-33-51-24-26-60(50-17-9-6-10-18-50)62-42-67(82)68(87-2)39-53(62)25-27-66(81)73(85)72(84)63(51)38-55(34-49)61-21-12-4-3-11-19-58-20-13-14-29-75(58,74(61)86)69-40-57(46)44-78-69/h5-10,15-18,22-23,28,35-36,39-42,44,46,49,51,55,58-61,63,73-74,76-80,82-83,85-86H,3-4,12-14,20-21,25,27,29-34,37-38,43,45H2,1-2H3. The van der Waals surface area contributed by atoms with Crippen molar-refractivity contribution in [1.82, 2.24) is 15.6 Å². The van der Waals surface area contributed by atoms with E-state index in [1.807, 2.05) is 66.7 Å². The number of carbonyl (C=O) groups excluding carboxylic acids is 2. The summed E-state index contributed by atoms with van der Waals surface area (Å²) >= 11 is 0. The summed E-state index contributed by atoms with van der Waals surface area (Å²) in [5.74, 6) is 12.3. The smallest absolute Gasteiger partial charge is 0.173 e. The van der Waals surface area contributed by atoms with Crippen LogP contribution in [0.5, 0.6) is 17.2 Å². The summed E-state index contributed by atoms with van der Waals surface area (Å²) in [6.45, 7) is 3.64. The maximum atomic E-state index is 15.5. The lowest BCUT2D eigenvalue weighted by atomic mass is 9.56.